The monoisotopic (exact) mass is 417 g/mol. The molecule has 0 amide bonds. The number of aromatic nitrogens is 6. The Labute approximate surface area is 179 Å². The minimum atomic E-state index is -0.239. The molecule has 2 atom stereocenters. The second-order valence-electron chi connectivity index (χ2n) is 7.72. The molecule has 9 nitrogen and oxygen atoms in total. The average Bonchev–Trinajstić information content (AvgIpc) is 3.41. The van der Waals surface area contributed by atoms with Gasteiger partial charge in [-0.15, -0.1) is 5.10 Å². The first-order chi connectivity index (χ1) is 15.2. The molecule has 1 aliphatic heterocycles. The lowest BCUT2D eigenvalue weighted by Crippen LogP contribution is -2.43. The van der Waals surface area contributed by atoms with Crippen LogP contribution in [0, 0.1) is 0 Å². The van der Waals surface area contributed by atoms with Crippen LogP contribution < -0.4 is 5.32 Å². The summed E-state index contributed by atoms with van der Waals surface area (Å²) in [6, 6.07) is 3.66. The van der Waals surface area contributed by atoms with E-state index in [-0.39, 0.29) is 17.9 Å². The lowest BCUT2D eigenvalue weighted by atomic mass is 9.92. The first-order valence-electron chi connectivity index (χ1n) is 10.3. The smallest absolute Gasteiger partial charge is 0.322 e. The molecule has 1 saturated heterocycles. The van der Waals surface area contributed by atoms with Crippen LogP contribution in [0.15, 0.2) is 36.8 Å². The van der Waals surface area contributed by atoms with Crippen LogP contribution in [0.2, 0.25) is 0 Å². The Hall–Kier alpha value is -3.59. The number of esters is 1. The van der Waals surface area contributed by atoms with E-state index in [2.05, 4.69) is 43.0 Å². The zero-order chi connectivity index (χ0) is 21.2. The Morgan fingerprint density at radius 3 is 2.90 bits per heavy atom. The van der Waals surface area contributed by atoms with E-state index in [1.165, 1.54) is 7.11 Å². The number of methoxy groups -OCH3 is 1. The number of ether oxygens (including phenoxy) is 1. The molecule has 9 heteroatoms. The maximum absolute atomic E-state index is 11.7. The number of hydrogen-bond donors (Lipinski definition) is 2. The number of rotatable bonds is 4. The summed E-state index contributed by atoms with van der Waals surface area (Å²) in [7, 11) is 1.42. The topological polar surface area (TPSA) is 111 Å². The van der Waals surface area contributed by atoms with Gasteiger partial charge < -0.3 is 10.1 Å². The van der Waals surface area contributed by atoms with Crippen LogP contribution in [0.4, 0.5) is 0 Å². The third-order valence-corrected chi connectivity index (χ3v) is 5.83. The lowest BCUT2D eigenvalue weighted by molar-refractivity contribution is -0.143. The Kier molecular flexibility index (Phi) is 5.17. The van der Waals surface area contributed by atoms with Gasteiger partial charge in [0, 0.05) is 48.1 Å². The predicted molar refractivity (Wildman–Crippen MR) is 115 cm³/mol. The van der Waals surface area contributed by atoms with Gasteiger partial charge in [0.15, 0.2) is 0 Å². The number of carbonyl (C=O) groups excluding carboxylic acids is 1. The molecule has 2 N–H and O–H groups in total. The number of pyridine rings is 1. The van der Waals surface area contributed by atoms with Crippen LogP contribution in [0.25, 0.3) is 29.1 Å². The molecule has 3 aromatic rings. The van der Waals surface area contributed by atoms with E-state index in [9.17, 15) is 4.79 Å². The summed E-state index contributed by atoms with van der Waals surface area (Å²) in [5, 5.41) is 19.7. The highest BCUT2D eigenvalue weighted by Gasteiger charge is 2.28. The number of nitrogens with zero attached hydrogens (tertiary/aromatic N) is 5. The molecule has 0 saturated carbocycles. The van der Waals surface area contributed by atoms with Crippen LogP contribution in [-0.2, 0) is 9.53 Å². The first-order valence-corrected chi connectivity index (χ1v) is 10.3. The minimum Gasteiger partial charge on any atom is -0.468 e. The fourth-order valence-electron chi connectivity index (χ4n) is 4.11. The zero-order valence-corrected chi connectivity index (χ0v) is 17.2. The van der Waals surface area contributed by atoms with E-state index in [0.29, 0.717) is 6.54 Å². The first kappa shape index (κ1) is 19.4. The summed E-state index contributed by atoms with van der Waals surface area (Å²) < 4.78 is 6.67. The van der Waals surface area contributed by atoms with Crippen molar-refractivity contribution in [1.82, 2.24) is 35.5 Å². The quantitative estimate of drug-likeness (QED) is 0.628. The van der Waals surface area contributed by atoms with Crippen LogP contribution in [-0.4, -0.2) is 55.8 Å². The normalized spacial score (nSPS) is 20.6. The molecule has 0 unspecified atom stereocenters. The molecule has 4 heterocycles. The lowest BCUT2D eigenvalue weighted by Gasteiger charge is -2.26. The van der Waals surface area contributed by atoms with Crippen LogP contribution >= 0.6 is 0 Å². The molecule has 3 aromatic heterocycles. The molecule has 5 rings (SSSR count). The fourth-order valence-corrected chi connectivity index (χ4v) is 4.11. The van der Waals surface area contributed by atoms with Gasteiger partial charge in [-0.05, 0) is 37.1 Å². The molecule has 0 radical (unpaired) electrons. The number of aromatic amines is 1. The maximum Gasteiger partial charge on any atom is 0.322 e. The molecular weight excluding hydrogens is 394 g/mol. The van der Waals surface area contributed by atoms with Crippen molar-refractivity contribution in [3.05, 3.63) is 53.8 Å². The second kappa shape index (κ2) is 8.27. The molecule has 0 spiro atoms. The molecule has 2 aliphatic rings. The molecule has 158 valence electrons. The highest BCUT2D eigenvalue weighted by atomic mass is 16.5. The summed E-state index contributed by atoms with van der Waals surface area (Å²) in [6.07, 6.45) is 14.1. The Morgan fingerprint density at radius 2 is 2.13 bits per heavy atom. The molecule has 1 aliphatic carbocycles. The van der Waals surface area contributed by atoms with E-state index >= 15 is 0 Å². The fraction of sp³-hybridized carbons (Fsp3) is 0.318. The van der Waals surface area contributed by atoms with Crippen molar-refractivity contribution in [3.8, 4) is 11.3 Å². The summed E-state index contributed by atoms with van der Waals surface area (Å²) in [4.78, 5) is 15.8. The summed E-state index contributed by atoms with van der Waals surface area (Å²) in [5.74, 6) is 0.00635. The van der Waals surface area contributed by atoms with Gasteiger partial charge in [-0.25, -0.2) is 4.68 Å². The highest BCUT2D eigenvalue weighted by molar-refractivity contribution is 5.85. The number of allylic oxidation sites excluding steroid dienone is 2. The molecule has 1 fully saturated rings. The number of hydrogen-bond acceptors (Lipinski definition) is 7. The number of carbonyl (C=O) groups is 1. The standard InChI is InChI=1S/C22H23N7O2/c1-31-22(30)19-6-5-15(12-24-19)20-13-29(28-26-20)16-3-2-4-18-17(11-16)21(27-25-18)14-7-9-23-10-8-14/h2,4,7-11,13,15,19,24H,3,5-6,12H2,1H3,(H,25,27)/t15-,19+/m1/s1. The SMILES string of the molecule is COC(=O)[C@@H]1CC[C@@H](c2cn(C3=Cc4c(-c5ccncc5)n[nH]c4C=CC3)nn2)CN1. The minimum absolute atomic E-state index is 0.210. The third-order valence-electron chi connectivity index (χ3n) is 5.83. The van der Waals surface area contributed by atoms with Gasteiger partial charge in [-0.3, -0.25) is 14.9 Å². The van der Waals surface area contributed by atoms with E-state index in [1.807, 2.05) is 29.1 Å². The summed E-state index contributed by atoms with van der Waals surface area (Å²) in [5.41, 5.74) is 5.81. The van der Waals surface area contributed by atoms with Gasteiger partial charge in [0.2, 0.25) is 0 Å². The number of piperidine rings is 1. The maximum atomic E-state index is 11.7. The largest absolute Gasteiger partial charge is 0.468 e. The van der Waals surface area contributed by atoms with Crippen molar-refractivity contribution in [2.24, 2.45) is 0 Å². The summed E-state index contributed by atoms with van der Waals surface area (Å²) >= 11 is 0. The number of nitrogens with one attached hydrogen (secondary N) is 2. The van der Waals surface area contributed by atoms with Crippen LogP contribution in [0.1, 0.15) is 42.1 Å². The van der Waals surface area contributed by atoms with Crippen molar-refractivity contribution < 1.29 is 9.53 Å². The van der Waals surface area contributed by atoms with Crippen molar-refractivity contribution in [1.29, 1.82) is 0 Å². The van der Waals surface area contributed by atoms with Crippen LogP contribution in [0.5, 0.6) is 0 Å². The van der Waals surface area contributed by atoms with Gasteiger partial charge in [0.25, 0.3) is 0 Å². The van der Waals surface area contributed by atoms with Gasteiger partial charge in [-0.1, -0.05) is 11.3 Å². The Bertz CT molecular complexity index is 1140. The van der Waals surface area contributed by atoms with E-state index < -0.39 is 0 Å². The van der Waals surface area contributed by atoms with Crippen molar-refractivity contribution in [2.45, 2.75) is 31.2 Å². The zero-order valence-electron chi connectivity index (χ0n) is 17.2. The number of fused-ring (bicyclic) bond motifs is 1. The van der Waals surface area contributed by atoms with Gasteiger partial charge in [0.05, 0.1) is 24.7 Å². The van der Waals surface area contributed by atoms with E-state index in [4.69, 9.17) is 4.74 Å². The van der Waals surface area contributed by atoms with Gasteiger partial charge >= 0.3 is 5.97 Å². The van der Waals surface area contributed by atoms with Crippen LogP contribution in [0.3, 0.4) is 0 Å². The van der Waals surface area contributed by atoms with Crippen molar-refractivity contribution in [3.63, 3.8) is 0 Å². The highest BCUT2D eigenvalue weighted by Crippen LogP contribution is 2.31. The second-order valence-corrected chi connectivity index (χ2v) is 7.72. The third kappa shape index (κ3) is 3.79. The molecule has 31 heavy (non-hydrogen) atoms. The van der Waals surface area contributed by atoms with Gasteiger partial charge in [-0.2, -0.15) is 5.10 Å². The molecular formula is C22H23N7O2. The van der Waals surface area contributed by atoms with Crippen molar-refractivity contribution in [2.75, 3.05) is 13.7 Å². The average molecular weight is 417 g/mol. The molecule has 0 bridgehead atoms. The molecule has 0 aromatic carbocycles. The Morgan fingerprint density at radius 1 is 1.26 bits per heavy atom. The van der Waals surface area contributed by atoms with E-state index in [1.54, 1.807) is 12.4 Å². The predicted octanol–water partition coefficient (Wildman–Crippen LogP) is 2.49. The Balaban J connectivity index is 1.39. The van der Waals surface area contributed by atoms with Gasteiger partial charge in [0.1, 0.15) is 11.7 Å². The number of H-pyrrole nitrogens is 1. The van der Waals surface area contributed by atoms with E-state index in [0.717, 1.165) is 53.2 Å². The van der Waals surface area contributed by atoms with Crippen molar-refractivity contribution >= 4 is 23.8 Å². The summed E-state index contributed by atoms with van der Waals surface area (Å²) in [6.45, 7) is 0.676.